The summed E-state index contributed by atoms with van der Waals surface area (Å²) in [5, 5.41) is 2.28. The van der Waals surface area contributed by atoms with Gasteiger partial charge in [-0.3, -0.25) is 14.5 Å². The highest BCUT2D eigenvalue weighted by Gasteiger charge is 2.19. The van der Waals surface area contributed by atoms with E-state index >= 15 is 0 Å². The van der Waals surface area contributed by atoms with Crippen LogP contribution in [0.1, 0.15) is 51.4 Å². The van der Waals surface area contributed by atoms with Crippen LogP contribution in [0.2, 0.25) is 0 Å². The number of esters is 1. The maximum Gasteiger partial charge on any atom is 0.338 e. The average Bonchev–Trinajstić information content (AvgIpc) is 3.36. The van der Waals surface area contributed by atoms with Crippen LogP contribution in [0.25, 0.3) is 0 Å². The summed E-state index contributed by atoms with van der Waals surface area (Å²) in [5.74, 6) is -0.783. The zero-order valence-electron chi connectivity index (χ0n) is 19.4. The zero-order valence-corrected chi connectivity index (χ0v) is 20.2. The number of carbonyl (C=O) groups is 3. The smallest absolute Gasteiger partial charge is 0.338 e. The van der Waals surface area contributed by atoms with E-state index in [1.807, 2.05) is 30.3 Å². The van der Waals surface area contributed by atoms with Crippen molar-refractivity contribution in [3.05, 3.63) is 112 Å². The molecule has 1 aromatic heterocycles. The van der Waals surface area contributed by atoms with Gasteiger partial charge in [-0.15, -0.1) is 11.3 Å². The summed E-state index contributed by atoms with van der Waals surface area (Å²) in [7, 11) is 0. The highest BCUT2D eigenvalue weighted by molar-refractivity contribution is 7.14. The van der Waals surface area contributed by atoms with Gasteiger partial charge < -0.3 is 4.74 Å². The van der Waals surface area contributed by atoms with Gasteiger partial charge in [0.25, 0.3) is 0 Å². The minimum Gasteiger partial charge on any atom is -0.456 e. The van der Waals surface area contributed by atoms with Gasteiger partial charge in [-0.2, -0.15) is 0 Å². The van der Waals surface area contributed by atoms with E-state index in [-0.39, 0.29) is 18.3 Å². The van der Waals surface area contributed by atoms with Crippen molar-refractivity contribution in [3.8, 4) is 0 Å². The normalized spacial score (nSPS) is 10.6. The molecule has 0 saturated carbocycles. The number of hydrogen-bond acceptors (Lipinski definition) is 6. The molecule has 0 aliphatic heterocycles. The highest BCUT2D eigenvalue weighted by Crippen LogP contribution is 2.29. The van der Waals surface area contributed by atoms with Crippen molar-refractivity contribution < 1.29 is 19.1 Å². The molecule has 0 radical (unpaired) electrons. The molecule has 35 heavy (non-hydrogen) atoms. The molecule has 6 nitrogen and oxygen atoms in total. The predicted octanol–water partition coefficient (Wildman–Crippen LogP) is 5.98. The van der Waals surface area contributed by atoms with Gasteiger partial charge in [-0.1, -0.05) is 61.5 Å². The minimum atomic E-state index is -0.517. The Kier molecular flexibility index (Phi) is 7.48. The summed E-state index contributed by atoms with van der Waals surface area (Å²) in [5.41, 5.74) is 3.88. The SMILES string of the molecule is CCc1ccc(N(C(C)=O)c2nc(COC(=O)c3ccc(C(=O)c4ccccc4)cc3)cs2)cc1. The van der Waals surface area contributed by atoms with E-state index in [0.29, 0.717) is 27.5 Å². The van der Waals surface area contributed by atoms with Gasteiger partial charge >= 0.3 is 5.97 Å². The third-order valence-corrected chi connectivity index (χ3v) is 6.29. The zero-order chi connectivity index (χ0) is 24.8. The number of anilines is 2. The van der Waals surface area contributed by atoms with E-state index in [4.69, 9.17) is 4.74 Å². The van der Waals surface area contributed by atoms with E-state index < -0.39 is 5.97 Å². The van der Waals surface area contributed by atoms with Crippen molar-refractivity contribution in [2.45, 2.75) is 26.9 Å². The fraction of sp³-hybridized carbons (Fsp3) is 0.143. The summed E-state index contributed by atoms with van der Waals surface area (Å²) >= 11 is 1.31. The summed E-state index contributed by atoms with van der Waals surface area (Å²) in [6.45, 7) is 3.53. The van der Waals surface area contributed by atoms with E-state index in [1.165, 1.54) is 28.7 Å². The maximum atomic E-state index is 12.5. The fourth-order valence-corrected chi connectivity index (χ4v) is 4.38. The number of thiazole rings is 1. The predicted molar refractivity (Wildman–Crippen MR) is 136 cm³/mol. The second kappa shape index (κ2) is 10.9. The van der Waals surface area contributed by atoms with Gasteiger partial charge in [0.2, 0.25) is 5.91 Å². The standard InChI is InChI=1S/C28H24N2O4S/c1-3-20-9-15-25(16-10-20)30(19(2)31)28-29-24(18-35-28)17-34-27(33)23-13-11-22(12-14-23)26(32)21-7-5-4-6-8-21/h4-16,18H,3,17H2,1-2H3. The lowest BCUT2D eigenvalue weighted by atomic mass is 10.0. The number of ketones is 1. The summed E-state index contributed by atoms with van der Waals surface area (Å²) in [4.78, 5) is 43.4. The van der Waals surface area contributed by atoms with Crippen molar-refractivity contribution in [1.29, 1.82) is 0 Å². The molecule has 7 heteroatoms. The average molecular weight is 485 g/mol. The number of ether oxygens (including phenoxy) is 1. The van der Waals surface area contributed by atoms with Crippen molar-refractivity contribution >= 4 is 39.8 Å². The molecule has 0 bridgehead atoms. The molecule has 0 saturated heterocycles. The lowest BCUT2D eigenvalue weighted by molar-refractivity contribution is -0.115. The van der Waals surface area contributed by atoms with Crippen molar-refractivity contribution in [2.24, 2.45) is 0 Å². The molecule has 0 atom stereocenters. The molecule has 1 heterocycles. The van der Waals surface area contributed by atoms with E-state index in [1.54, 1.807) is 53.9 Å². The van der Waals surface area contributed by atoms with Gasteiger partial charge in [-0.25, -0.2) is 9.78 Å². The van der Waals surface area contributed by atoms with Crippen LogP contribution in [-0.2, 0) is 22.6 Å². The molecular formula is C28H24N2O4S. The van der Waals surface area contributed by atoms with Gasteiger partial charge in [0.15, 0.2) is 10.9 Å². The van der Waals surface area contributed by atoms with Crippen molar-refractivity contribution in [2.75, 3.05) is 4.90 Å². The molecule has 0 N–H and O–H groups in total. The molecule has 0 spiro atoms. The Balaban J connectivity index is 1.40. The van der Waals surface area contributed by atoms with E-state index in [0.717, 1.165) is 12.1 Å². The van der Waals surface area contributed by atoms with Crippen LogP contribution in [0.15, 0.2) is 84.2 Å². The third-order valence-electron chi connectivity index (χ3n) is 5.42. The Labute approximate surface area is 207 Å². The van der Waals surface area contributed by atoms with Gasteiger partial charge in [0.05, 0.1) is 16.9 Å². The fourth-order valence-electron chi connectivity index (χ4n) is 3.51. The highest BCUT2D eigenvalue weighted by atomic mass is 32.1. The van der Waals surface area contributed by atoms with Crippen LogP contribution >= 0.6 is 11.3 Å². The van der Waals surface area contributed by atoms with Crippen LogP contribution in [0.4, 0.5) is 10.8 Å². The number of rotatable bonds is 8. The Morgan fingerprint density at radius 3 is 2.11 bits per heavy atom. The van der Waals surface area contributed by atoms with Crippen LogP contribution in [0.5, 0.6) is 0 Å². The first-order chi connectivity index (χ1) is 17.0. The van der Waals surface area contributed by atoms with Crippen molar-refractivity contribution in [1.82, 2.24) is 4.98 Å². The monoisotopic (exact) mass is 484 g/mol. The lowest BCUT2D eigenvalue weighted by Crippen LogP contribution is -2.22. The molecule has 0 aliphatic carbocycles. The number of amides is 1. The van der Waals surface area contributed by atoms with Crippen LogP contribution in [0.3, 0.4) is 0 Å². The quantitative estimate of drug-likeness (QED) is 0.227. The first kappa shape index (κ1) is 24.0. The molecule has 1 amide bonds. The molecule has 0 unspecified atom stereocenters. The molecule has 4 rings (SSSR count). The van der Waals surface area contributed by atoms with E-state index in [9.17, 15) is 14.4 Å². The molecule has 0 aliphatic rings. The lowest BCUT2D eigenvalue weighted by Gasteiger charge is -2.18. The number of hydrogen-bond donors (Lipinski definition) is 0. The Morgan fingerprint density at radius 1 is 0.857 bits per heavy atom. The van der Waals surface area contributed by atoms with Gasteiger partial charge in [0.1, 0.15) is 6.61 Å². The molecule has 4 aromatic rings. The second-order valence-electron chi connectivity index (χ2n) is 7.84. The van der Waals surface area contributed by atoms with Crippen LogP contribution in [-0.4, -0.2) is 22.6 Å². The molecule has 0 fully saturated rings. The number of benzene rings is 3. The number of carbonyl (C=O) groups excluding carboxylic acids is 3. The second-order valence-corrected chi connectivity index (χ2v) is 8.68. The Morgan fingerprint density at radius 2 is 1.49 bits per heavy atom. The third kappa shape index (κ3) is 5.70. The van der Waals surface area contributed by atoms with Gasteiger partial charge in [0, 0.05) is 23.4 Å². The van der Waals surface area contributed by atoms with Gasteiger partial charge in [-0.05, 0) is 36.2 Å². The van der Waals surface area contributed by atoms with Crippen LogP contribution in [0, 0.1) is 0 Å². The Hall–Kier alpha value is -4.10. The topological polar surface area (TPSA) is 76.6 Å². The first-order valence-electron chi connectivity index (χ1n) is 11.2. The summed E-state index contributed by atoms with van der Waals surface area (Å²) in [6.07, 6.45) is 0.916. The van der Waals surface area contributed by atoms with E-state index in [2.05, 4.69) is 11.9 Å². The summed E-state index contributed by atoms with van der Waals surface area (Å²) in [6, 6.07) is 23.1. The largest absolute Gasteiger partial charge is 0.456 e. The minimum absolute atomic E-state index is 0.0272. The number of aromatic nitrogens is 1. The molecular weight excluding hydrogens is 460 g/mol. The summed E-state index contributed by atoms with van der Waals surface area (Å²) < 4.78 is 5.41. The first-order valence-corrected chi connectivity index (χ1v) is 12.0. The number of nitrogens with zero attached hydrogens (tertiary/aromatic N) is 2. The molecule has 3 aromatic carbocycles. The molecule has 176 valence electrons. The number of aryl methyl sites for hydroxylation is 1. The Bertz CT molecular complexity index is 1330. The van der Waals surface area contributed by atoms with Crippen LogP contribution < -0.4 is 4.90 Å². The van der Waals surface area contributed by atoms with Crippen molar-refractivity contribution in [3.63, 3.8) is 0 Å². The maximum absolute atomic E-state index is 12.5.